The van der Waals surface area contributed by atoms with Crippen molar-refractivity contribution in [3.05, 3.63) is 35.9 Å². The molecule has 0 aliphatic heterocycles. The summed E-state index contributed by atoms with van der Waals surface area (Å²) in [7, 11) is 0. The first kappa shape index (κ1) is 19.7. The van der Waals surface area contributed by atoms with Crippen molar-refractivity contribution >= 4 is 17.8 Å². The summed E-state index contributed by atoms with van der Waals surface area (Å²) < 4.78 is 0. The van der Waals surface area contributed by atoms with Crippen molar-refractivity contribution < 1.29 is 19.5 Å². The molecule has 0 spiro atoms. The highest BCUT2D eigenvalue weighted by molar-refractivity contribution is 5.98. The lowest BCUT2D eigenvalue weighted by Gasteiger charge is -2.24. The highest BCUT2D eigenvalue weighted by Gasteiger charge is 2.29. The minimum Gasteiger partial charge on any atom is -0.480 e. The zero-order chi connectivity index (χ0) is 18.3. The summed E-state index contributed by atoms with van der Waals surface area (Å²) in [5.41, 5.74) is 0.452. The van der Waals surface area contributed by atoms with Crippen LogP contribution in [0.5, 0.6) is 0 Å². The number of carboxylic acid groups (broad SMARTS) is 1. The Hall–Kier alpha value is -2.37. The van der Waals surface area contributed by atoms with E-state index in [-0.39, 0.29) is 17.7 Å². The van der Waals surface area contributed by atoms with Crippen LogP contribution in [0, 0.1) is 11.8 Å². The summed E-state index contributed by atoms with van der Waals surface area (Å²) in [6.07, 6.45) is 0.332. The van der Waals surface area contributed by atoms with Gasteiger partial charge in [0, 0.05) is 5.56 Å². The third kappa shape index (κ3) is 6.02. The lowest BCUT2D eigenvalue weighted by Crippen LogP contribution is -2.53. The van der Waals surface area contributed by atoms with Crippen LogP contribution in [0.3, 0.4) is 0 Å². The van der Waals surface area contributed by atoms with Gasteiger partial charge in [0.05, 0.1) is 0 Å². The molecule has 6 nitrogen and oxygen atoms in total. The van der Waals surface area contributed by atoms with Gasteiger partial charge in [-0.25, -0.2) is 4.79 Å². The van der Waals surface area contributed by atoms with Gasteiger partial charge in [0.1, 0.15) is 12.1 Å². The summed E-state index contributed by atoms with van der Waals surface area (Å²) in [5.74, 6) is -1.97. The topological polar surface area (TPSA) is 95.5 Å². The van der Waals surface area contributed by atoms with Crippen molar-refractivity contribution in [2.45, 2.75) is 46.2 Å². The Bertz CT molecular complexity index is 570. The Labute approximate surface area is 142 Å². The molecule has 0 bridgehead atoms. The van der Waals surface area contributed by atoms with E-state index >= 15 is 0 Å². The number of rotatable bonds is 8. The van der Waals surface area contributed by atoms with E-state index in [1.807, 2.05) is 13.8 Å². The number of carbonyl (C=O) groups excluding carboxylic acids is 2. The summed E-state index contributed by atoms with van der Waals surface area (Å²) in [6.45, 7) is 7.37. The maximum Gasteiger partial charge on any atom is 0.326 e. The van der Waals surface area contributed by atoms with E-state index in [0.29, 0.717) is 12.0 Å². The molecule has 1 aromatic rings. The lowest BCUT2D eigenvalue weighted by molar-refractivity contribution is -0.142. The van der Waals surface area contributed by atoms with Gasteiger partial charge in [0.25, 0.3) is 5.91 Å². The van der Waals surface area contributed by atoms with Crippen molar-refractivity contribution in [2.75, 3.05) is 0 Å². The van der Waals surface area contributed by atoms with E-state index in [1.54, 1.807) is 44.2 Å². The molecule has 2 unspecified atom stereocenters. The van der Waals surface area contributed by atoms with E-state index in [2.05, 4.69) is 10.6 Å². The van der Waals surface area contributed by atoms with Crippen molar-refractivity contribution in [3.8, 4) is 0 Å². The van der Waals surface area contributed by atoms with E-state index < -0.39 is 24.0 Å². The quantitative estimate of drug-likeness (QED) is 0.678. The van der Waals surface area contributed by atoms with Gasteiger partial charge in [-0.15, -0.1) is 0 Å². The molecule has 0 saturated heterocycles. The Morgan fingerprint density at radius 2 is 1.58 bits per heavy atom. The van der Waals surface area contributed by atoms with Crippen LogP contribution in [-0.2, 0) is 9.59 Å². The first-order valence-corrected chi connectivity index (χ1v) is 8.11. The number of aliphatic carboxylic acids is 1. The molecule has 0 aromatic heterocycles. The molecule has 0 heterocycles. The van der Waals surface area contributed by atoms with Crippen LogP contribution < -0.4 is 10.6 Å². The molecule has 0 aliphatic carbocycles. The summed E-state index contributed by atoms with van der Waals surface area (Å²) >= 11 is 0. The average Bonchev–Trinajstić information content (AvgIpc) is 2.51. The predicted molar refractivity (Wildman–Crippen MR) is 91.6 cm³/mol. The van der Waals surface area contributed by atoms with E-state index in [0.717, 1.165) is 0 Å². The van der Waals surface area contributed by atoms with Gasteiger partial charge >= 0.3 is 5.97 Å². The van der Waals surface area contributed by atoms with Gasteiger partial charge in [-0.1, -0.05) is 45.9 Å². The molecule has 2 amide bonds. The summed E-state index contributed by atoms with van der Waals surface area (Å²) in [5, 5.41) is 14.5. The number of carbonyl (C=O) groups is 3. The molecule has 0 aliphatic rings. The number of benzene rings is 1. The predicted octanol–water partition coefficient (Wildman–Crippen LogP) is 2.06. The molecule has 2 atom stereocenters. The molecule has 0 saturated carbocycles. The third-order valence-corrected chi connectivity index (χ3v) is 3.59. The lowest BCUT2D eigenvalue weighted by atomic mass is 10.00. The molecule has 0 radical (unpaired) electrons. The Balaban J connectivity index is 2.81. The molecule has 3 N–H and O–H groups in total. The zero-order valence-corrected chi connectivity index (χ0v) is 14.6. The van der Waals surface area contributed by atoms with E-state index in [9.17, 15) is 19.5 Å². The summed E-state index contributed by atoms with van der Waals surface area (Å²) in [4.78, 5) is 36.0. The van der Waals surface area contributed by atoms with Crippen molar-refractivity contribution in [1.29, 1.82) is 0 Å². The third-order valence-electron chi connectivity index (χ3n) is 3.59. The van der Waals surface area contributed by atoms with Gasteiger partial charge in [-0.05, 0) is 30.4 Å². The van der Waals surface area contributed by atoms with Crippen LogP contribution in [0.4, 0.5) is 0 Å². The van der Waals surface area contributed by atoms with Crippen LogP contribution in [0.2, 0.25) is 0 Å². The smallest absolute Gasteiger partial charge is 0.326 e. The largest absolute Gasteiger partial charge is 0.480 e. The zero-order valence-electron chi connectivity index (χ0n) is 14.6. The van der Waals surface area contributed by atoms with Crippen LogP contribution in [0.15, 0.2) is 30.3 Å². The average molecular weight is 334 g/mol. The molecule has 6 heteroatoms. The van der Waals surface area contributed by atoms with Crippen LogP contribution in [0.25, 0.3) is 0 Å². The standard InChI is InChI=1S/C18H26N2O4/c1-11(2)10-14(18(23)24)19-17(22)15(12(3)4)20-16(21)13-8-6-5-7-9-13/h5-9,11-12,14-15H,10H2,1-4H3,(H,19,22)(H,20,21)(H,23,24). The Kier molecular flexibility index (Phi) is 7.42. The second kappa shape index (κ2) is 9.05. The molecule has 24 heavy (non-hydrogen) atoms. The first-order valence-electron chi connectivity index (χ1n) is 8.11. The maximum absolute atomic E-state index is 12.5. The second-order valence-corrected chi connectivity index (χ2v) is 6.59. The van der Waals surface area contributed by atoms with Gasteiger partial charge in [0.15, 0.2) is 0 Å². The Morgan fingerprint density at radius 1 is 1.00 bits per heavy atom. The number of carboxylic acids is 1. The number of amides is 2. The molecule has 132 valence electrons. The van der Waals surface area contributed by atoms with Crippen LogP contribution in [0.1, 0.15) is 44.5 Å². The molecule has 1 aromatic carbocycles. The number of hydrogen-bond donors (Lipinski definition) is 3. The van der Waals surface area contributed by atoms with Gasteiger partial charge < -0.3 is 15.7 Å². The van der Waals surface area contributed by atoms with Crippen LogP contribution >= 0.6 is 0 Å². The SMILES string of the molecule is CC(C)CC(NC(=O)C(NC(=O)c1ccccc1)C(C)C)C(=O)O. The van der Waals surface area contributed by atoms with Crippen molar-refractivity contribution in [3.63, 3.8) is 0 Å². The fourth-order valence-electron chi connectivity index (χ4n) is 2.30. The molecule has 0 fully saturated rings. The first-order chi connectivity index (χ1) is 11.2. The Morgan fingerprint density at radius 3 is 2.04 bits per heavy atom. The van der Waals surface area contributed by atoms with Crippen LogP contribution in [-0.4, -0.2) is 35.0 Å². The second-order valence-electron chi connectivity index (χ2n) is 6.59. The van der Waals surface area contributed by atoms with Crippen molar-refractivity contribution in [1.82, 2.24) is 10.6 Å². The normalized spacial score (nSPS) is 13.4. The minimum absolute atomic E-state index is 0.128. The minimum atomic E-state index is -1.08. The van der Waals surface area contributed by atoms with E-state index in [4.69, 9.17) is 0 Å². The monoisotopic (exact) mass is 334 g/mol. The highest BCUT2D eigenvalue weighted by atomic mass is 16.4. The van der Waals surface area contributed by atoms with Crippen molar-refractivity contribution in [2.24, 2.45) is 11.8 Å². The van der Waals surface area contributed by atoms with Gasteiger partial charge in [-0.2, -0.15) is 0 Å². The fraction of sp³-hybridized carbons (Fsp3) is 0.500. The molecule has 1 rings (SSSR count). The summed E-state index contributed by atoms with van der Waals surface area (Å²) in [6, 6.07) is 6.82. The molecular weight excluding hydrogens is 308 g/mol. The fourth-order valence-corrected chi connectivity index (χ4v) is 2.30. The highest BCUT2D eigenvalue weighted by Crippen LogP contribution is 2.09. The number of nitrogens with one attached hydrogen (secondary N) is 2. The number of hydrogen-bond acceptors (Lipinski definition) is 3. The van der Waals surface area contributed by atoms with Gasteiger partial charge in [0.2, 0.25) is 5.91 Å². The van der Waals surface area contributed by atoms with E-state index in [1.165, 1.54) is 0 Å². The maximum atomic E-state index is 12.5. The van der Waals surface area contributed by atoms with Gasteiger partial charge in [-0.3, -0.25) is 9.59 Å². The molecular formula is C18H26N2O4.